The van der Waals surface area contributed by atoms with Crippen LogP contribution in [0.4, 0.5) is 0 Å². The number of carboxylic acids is 1. The molecule has 90 valence electrons. The molecule has 0 bridgehead atoms. The molecule has 0 fully saturated rings. The van der Waals surface area contributed by atoms with Crippen molar-refractivity contribution in [2.24, 2.45) is 0 Å². The van der Waals surface area contributed by atoms with Crippen LogP contribution < -0.4 is 0 Å². The molecule has 17 heavy (non-hydrogen) atoms. The van der Waals surface area contributed by atoms with E-state index in [9.17, 15) is 9.59 Å². The molecule has 1 atom stereocenters. The highest BCUT2D eigenvalue weighted by molar-refractivity contribution is 9.09. The van der Waals surface area contributed by atoms with E-state index in [1.54, 1.807) is 6.07 Å². The Morgan fingerprint density at radius 1 is 1.41 bits per heavy atom. The van der Waals surface area contributed by atoms with Crippen LogP contribution in [-0.4, -0.2) is 16.9 Å². The van der Waals surface area contributed by atoms with Gasteiger partial charge >= 0.3 is 5.97 Å². The number of carboxylic acid groups (broad SMARTS) is 1. The van der Waals surface area contributed by atoms with Crippen molar-refractivity contribution in [2.45, 2.75) is 18.7 Å². The second-order valence-electron chi connectivity index (χ2n) is 3.72. The Kier molecular flexibility index (Phi) is 4.63. The van der Waals surface area contributed by atoms with E-state index in [0.29, 0.717) is 0 Å². The molecule has 0 saturated carbocycles. The third-order valence-electron chi connectivity index (χ3n) is 2.37. The molecule has 0 heterocycles. The number of rotatable bonds is 4. The van der Waals surface area contributed by atoms with Crippen LogP contribution in [0.3, 0.4) is 0 Å². The average molecular weight is 297 g/mol. The lowest BCUT2D eigenvalue weighted by Crippen LogP contribution is -2.05. The lowest BCUT2D eigenvalue weighted by Gasteiger charge is -2.13. The van der Waals surface area contributed by atoms with Gasteiger partial charge in [-0.2, -0.15) is 0 Å². The number of Topliss-reactive ketones (excluding diaryl/α,β-unsaturated/α-hetero) is 1. The molecule has 1 aromatic carbocycles. The molecular formula is C13H13BrO3. The molecule has 0 saturated heterocycles. The monoisotopic (exact) mass is 296 g/mol. The average Bonchev–Trinajstić information content (AvgIpc) is 2.25. The van der Waals surface area contributed by atoms with E-state index in [-0.39, 0.29) is 5.78 Å². The number of aliphatic carboxylic acids is 1. The van der Waals surface area contributed by atoms with Gasteiger partial charge in [-0.25, -0.2) is 4.79 Å². The summed E-state index contributed by atoms with van der Waals surface area (Å²) < 4.78 is 0. The van der Waals surface area contributed by atoms with Crippen molar-refractivity contribution >= 4 is 33.8 Å². The number of hydrogen-bond acceptors (Lipinski definition) is 2. The van der Waals surface area contributed by atoms with Crippen molar-refractivity contribution in [3.05, 3.63) is 41.0 Å². The molecule has 0 aliphatic rings. The summed E-state index contributed by atoms with van der Waals surface area (Å²) in [4.78, 5) is 21.5. The molecule has 0 amide bonds. The third-order valence-corrected chi connectivity index (χ3v) is 3.48. The number of aryl methyl sites for hydroxylation is 1. The van der Waals surface area contributed by atoms with Crippen molar-refractivity contribution in [1.82, 2.24) is 0 Å². The van der Waals surface area contributed by atoms with Gasteiger partial charge in [0, 0.05) is 6.08 Å². The van der Waals surface area contributed by atoms with Crippen LogP contribution in [0.5, 0.6) is 0 Å². The maximum Gasteiger partial charge on any atom is 0.328 e. The first-order valence-corrected chi connectivity index (χ1v) is 6.00. The zero-order chi connectivity index (χ0) is 13.0. The SMILES string of the molecule is CC(=O)C(Br)c1c(C)cccc1/C=C/C(=O)O. The highest BCUT2D eigenvalue weighted by atomic mass is 79.9. The summed E-state index contributed by atoms with van der Waals surface area (Å²) in [6, 6.07) is 5.52. The Bertz CT molecular complexity index is 478. The number of alkyl halides is 1. The summed E-state index contributed by atoms with van der Waals surface area (Å²) in [6.45, 7) is 3.39. The molecule has 0 spiro atoms. The number of carbonyl (C=O) groups excluding carboxylic acids is 1. The van der Waals surface area contributed by atoms with Gasteiger partial charge < -0.3 is 5.11 Å². The fourth-order valence-electron chi connectivity index (χ4n) is 1.56. The minimum absolute atomic E-state index is 0.00993. The van der Waals surface area contributed by atoms with Crippen molar-refractivity contribution < 1.29 is 14.7 Å². The van der Waals surface area contributed by atoms with Gasteiger partial charge in [0.2, 0.25) is 0 Å². The number of carbonyl (C=O) groups is 2. The predicted molar refractivity (Wildman–Crippen MR) is 70.2 cm³/mol. The number of halogens is 1. The number of benzene rings is 1. The molecule has 1 unspecified atom stereocenters. The second kappa shape index (κ2) is 5.77. The first-order valence-electron chi connectivity index (χ1n) is 5.08. The van der Waals surface area contributed by atoms with Crippen LogP contribution in [0, 0.1) is 6.92 Å². The predicted octanol–water partition coefficient (Wildman–Crippen LogP) is 3.12. The van der Waals surface area contributed by atoms with E-state index in [2.05, 4.69) is 15.9 Å². The molecule has 4 heteroatoms. The minimum atomic E-state index is -1.01. The zero-order valence-corrected chi connectivity index (χ0v) is 11.2. The van der Waals surface area contributed by atoms with Gasteiger partial charge in [-0.1, -0.05) is 34.1 Å². The summed E-state index contributed by atoms with van der Waals surface area (Å²) >= 11 is 3.33. The lowest BCUT2D eigenvalue weighted by atomic mass is 9.97. The van der Waals surface area contributed by atoms with Crippen LogP contribution in [0.25, 0.3) is 6.08 Å². The lowest BCUT2D eigenvalue weighted by molar-refractivity contribution is -0.131. The molecule has 0 aliphatic heterocycles. The summed E-state index contributed by atoms with van der Waals surface area (Å²) in [6.07, 6.45) is 2.57. The quantitative estimate of drug-likeness (QED) is 0.686. The van der Waals surface area contributed by atoms with E-state index in [0.717, 1.165) is 22.8 Å². The summed E-state index contributed by atoms with van der Waals surface area (Å²) in [5.41, 5.74) is 2.51. The molecule has 0 aliphatic carbocycles. The van der Waals surface area contributed by atoms with E-state index < -0.39 is 10.8 Å². The summed E-state index contributed by atoms with van der Waals surface area (Å²) in [7, 11) is 0. The molecule has 0 radical (unpaired) electrons. The normalized spacial score (nSPS) is 12.6. The maximum absolute atomic E-state index is 11.4. The number of hydrogen-bond donors (Lipinski definition) is 1. The van der Waals surface area contributed by atoms with Gasteiger partial charge in [0.25, 0.3) is 0 Å². The fraction of sp³-hybridized carbons (Fsp3) is 0.231. The number of ketones is 1. The first-order chi connectivity index (χ1) is 7.93. The Morgan fingerprint density at radius 2 is 2.06 bits per heavy atom. The summed E-state index contributed by atoms with van der Waals surface area (Å²) in [5.74, 6) is -1.02. The van der Waals surface area contributed by atoms with Gasteiger partial charge in [-0.3, -0.25) is 4.79 Å². The Hall–Kier alpha value is -1.42. The van der Waals surface area contributed by atoms with E-state index in [4.69, 9.17) is 5.11 Å². The molecule has 0 aromatic heterocycles. The Labute approximate surface area is 108 Å². The Morgan fingerprint density at radius 3 is 2.59 bits per heavy atom. The molecule has 3 nitrogen and oxygen atoms in total. The first kappa shape index (κ1) is 13.6. The van der Waals surface area contributed by atoms with Crippen LogP contribution in [-0.2, 0) is 9.59 Å². The topological polar surface area (TPSA) is 54.4 Å². The second-order valence-corrected chi connectivity index (χ2v) is 4.64. The van der Waals surface area contributed by atoms with Crippen molar-refractivity contribution in [3.63, 3.8) is 0 Å². The van der Waals surface area contributed by atoms with E-state index in [1.165, 1.54) is 13.0 Å². The van der Waals surface area contributed by atoms with Gasteiger partial charge in [-0.05, 0) is 36.6 Å². The van der Waals surface area contributed by atoms with Crippen molar-refractivity contribution in [1.29, 1.82) is 0 Å². The Balaban J connectivity index is 3.26. The summed E-state index contributed by atoms with van der Waals surface area (Å²) in [5, 5.41) is 8.62. The molecule has 1 rings (SSSR count). The van der Waals surface area contributed by atoms with Crippen LogP contribution >= 0.6 is 15.9 Å². The highest BCUT2D eigenvalue weighted by Crippen LogP contribution is 2.30. The molecule has 1 N–H and O–H groups in total. The smallest absolute Gasteiger partial charge is 0.328 e. The zero-order valence-electron chi connectivity index (χ0n) is 9.61. The molecule has 1 aromatic rings. The van der Waals surface area contributed by atoms with E-state index >= 15 is 0 Å². The highest BCUT2D eigenvalue weighted by Gasteiger charge is 2.17. The van der Waals surface area contributed by atoms with Crippen LogP contribution in [0.1, 0.15) is 28.4 Å². The molecular weight excluding hydrogens is 284 g/mol. The largest absolute Gasteiger partial charge is 0.478 e. The van der Waals surface area contributed by atoms with Gasteiger partial charge in [0.1, 0.15) is 5.78 Å². The van der Waals surface area contributed by atoms with Crippen molar-refractivity contribution in [3.8, 4) is 0 Å². The van der Waals surface area contributed by atoms with Crippen LogP contribution in [0.2, 0.25) is 0 Å². The third kappa shape index (κ3) is 3.53. The minimum Gasteiger partial charge on any atom is -0.478 e. The standard InChI is InChI=1S/C13H13BrO3/c1-8-4-3-5-10(6-7-11(16)17)12(8)13(14)9(2)15/h3-7,13H,1-2H3,(H,16,17)/b7-6+. The van der Waals surface area contributed by atoms with Gasteiger partial charge in [0.15, 0.2) is 0 Å². The van der Waals surface area contributed by atoms with Crippen molar-refractivity contribution in [2.75, 3.05) is 0 Å². The fourth-order valence-corrected chi connectivity index (χ4v) is 2.18. The van der Waals surface area contributed by atoms with Gasteiger partial charge in [-0.15, -0.1) is 0 Å². The van der Waals surface area contributed by atoms with E-state index in [1.807, 2.05) is 19.1 Å². The maximum atomic E-state index is 11.4. The van der Waals surface area contributed by atoms with Gasteiger partial charge in [0.05, 0.1) is 4.83 Å². The van der Waals surface area contributed by atoms with Crippen LogP contribution in [0.15, 0.2) is 24.3 Å².